The van der Waals surface area contributed by atoms with Gasteiger partial charge >= 0.3 is 0 Å². The molecule has 30 heavy (non-hydrogen) atoms. The summed E-state index contributed by atoms with van der Waals surface area (Å²) in [5.74, 6) is 0.531. The summed E-state index contributed by atoms with van der Waals surface area (Å²) in [6.07, 6.45) is 2.79. The van der Waals surface area contributed by atoms with Crippen LogP contribution in [0.4, 0.5) is 11.4 Å². The molecule has 3 N–H and O–H groups in total. The van der Waals surface area contributed by atoms with Crippen molar-refractivity contribution in [1.29, 1.82) is 0 Å². The van der Waals surface area contributed by atoms with Gasteiger partial charge in [0, 0.05) is 22.9 Å². The number of halogens is 1. The van der Waals surface area contributed by atoms with Crippen molar-refractivity contribution in [1.82, 2.24) is 5.32 Å². The van der Waals surface area contributed by atoms with Gasteiger partial charge in [-0.1, -0.05) is 13.0 Å². The van der Waals surface area contributed by atoms with Crippen molar-refractivity contribution in [3.8, 4) is 5.75 Å². The first-order chi connectivity index (χ1) is 14.4. The molecule has 0 spiro atoms. The summed E-state index contributed by atoms with van der Waals surface area (Å²) in [6.45, 7) is 4.53. The average molecular weight is 490 g/mol. The Hall–Kier alpha value is -2.45. The summed E-state index contributed by atoms with van der Waals surface area (Å²) >= 11 is 8.73. The number of carbonyl (C=O) groups excluding carboxylic acids is 2. The van der Waals surface area contributed by atoms with Crippen molar-refractivity contribution in [2.45, 2.75) is 33.1 Å². The van der Waals surface area contributed by atoms with E-state index in [1.54, 1.807) is 18.2 Å². The maximum absolute atomic E-state index is 12.5. The first-order valence-corrected chi connectivity index (χ1v) is 11.0. The van der Waals surface area contributed by atoms with Crippen LogP contribution in [0.15, 0.2) is 40.9 Å². The lowest BCUT2D eigenvalue weighted by Gasteiger charge is -2.15. The van der Waals surface area contributed by atoms with Gasteiger partial charge in [-0.2, -0.15) is 0 Å². The van der Waals surface area contributed by atoms with Crippen LogP contribution < -0.4 is 20.7 Å². The van der Waals surface area contributed by atoms with E-state index in [0.717, 1.165) is 36.2 Å². The van der Waals surface area contributed by atoms with Crippen LogP contribution in [0.2, 0.25) is 0 Å². The quantitative estimate of drug-likeness (QED) is 0.475. The van der Waals surface area contributed by atoms with Gasteiger partial charge in [-0.3, -0.25) is 14.9 Å². The lowest BCUT2D eigenvalue weighted by atomic mass is 10.1. The molecule has 0 aromatic heterocycles. The second kappa shape index (κ2) is 10.0. The monoisotopic (exact) mass is 489 g/mol. The molecule has 6 nitrogen and oxygen atoms in total. The van der Waals surface area contributed by atoms with E-state index >= 15 is 0 Å². The molecule has 1 aliphatic carbocycles. The largest absolute Gasteiger partial charge is 0.492 e. The molecule has 2 aromatic rings. The van der Waals surface area contributed by atoms with Crippen LogP contribution in [0.25, 0.3) is 0 Å². The molecule has 0 bridgehead atoms. The van der Waals surface area contributed by atoms with Crippen molar-refractivity contribution in [3.05, 3.63) is 52.0 Å². The summed E-state index contributed by atoms with van der Waals surface area (Å²) in [4.78, 5) is 24.6. The van der Waals surface area contributed by atoms with Crippen molar-refractivity contribution in [2.24, 2.45) is 5.92 Å². The normalized spacial score (nSPS) is 12.8. The van der Waals surface area contributed by atoms with Gasteiger partial charge < -0.3 is 15.4 Å². The molecule has 1 fully saturated rings. The minimum atomic E-state index is -0.328. The predicted molar refractivity (Wildman–Crippen MR) is 126 cm³/mol. The highest BCUT2D eigenvalue weighted by Crippen LogP contribution is 2.31. The summed E-state index contributed by atoms with van der Waals surface area (Å²) in [5.41, 5.74) is 2.76. The fraction of sp³-hybridized carbons (Fsp3) is 0.318. The van der Waals surface area contributed by atoms with E-state index in [9.17, 15) is 9.59 Å². The molecule has 1 aliphatic rings. The molecular weight excluding hydrogens is 466 g/mol. The fourth-order valence-corrected chi connectivity index (χ4v) is 3.48. The number of nitrogens with one attached hydrogen (secondary N) is 3. The molecule has 3 rings (SSSR count). The van der Waals surface area contributed by atoms with Gasteiger partial charge in [-0.25, -0.2) is 0 Å². The van der Waals surface area contributed by atoms with Crippen LogP contribution in [-0.2, 0) is 4.79 Å². The third-order valence-electron chi connectivity index (χ3n) is 4.67. The number of benzene rings is 2. The number of thiocarbonyl (C=S) groups is 1. The number of carbonyl (C=O) groups is 2. The van der Waals surface area contributed by atoms with Crippen molar-refractivity contribution in [2.75, 3.05) is 17.2 Å². The Balaban J connectivity index is 1.62. The summed E-state index contributed by atoms with van der Waals surface area (Å²) in [7, 11) is 0. The Morgan fingerprint density at radius 3 is 2.50 bits per heavy atom. The lowest BCUT2D eigenvalue weighted by molar-refractivity contribution is -0.117. The first-order valence-electron chi connectivity index (χ1n) is 9.84. The maximum atomic E-state index is 12.5. The Bertz CT molecular complexity index is 976. The predicted octanol–water partition coefficient (Wildman–Crippen LogP) is 5.02. The molecule has 0 radical (unpaired) electrons. The molecule has 2 aromatic carbocycles. The highest BCUT2D eigenvalue weighted by atomic mass is 79.9. The van der Waals surface area contributed by atoms with E-state index < -0.39 is 0 Å². The van der Waals surface area contributed by atoms with Gasteiger partial charge in [0.25, 0.3) is 5.91 Å². The highest BCUT2D eigenvalue weighted by Gasteiger charge is 2.29. The minimum Gasteiger partial charge on any atom is -0.492 e. The van der Waals surface area contributed by atoms with Gasteiger partial charge in [-0.05, 0) is 90.2 Å². The Kier molecular flexibility index (Phi) is 7.44. The molecule has 0 aliphatic heterocycles. The second-order valence-corrected chi connectivity index (χ2v) is 8.41. The number of anilines is 2. The maximum Gasteiger partial charge on any atom is 0.257 e. The zero-order chi connectivity index (χ0) is 21.7. The molecule has 0 unspecified atom stereocenters. The van der Waals surface area contributed by atoms with Gasteiger partial charge in [-0.15, -0.1) is 0 Å². The Labute approximate surface area is 189 Å². The summed E-state index contributed by atoms with van der Waals surface area (Å²) in [6, 6.07) is 10.7. The van der Waals surface area contributed by atoms with Crippen LogP contribution >= 0.6 is 28.1 Å². The van der Waals surface area contributed by atoms with Crippen LogP contribution in [0, 0.1) is 12.8 Å². The summed E-state index contributed by atoms with van der Waals surface area (Å²) in [5, 5.41) is 8.85. The van der Waals surface area contributed by atoms with E-state index in [2.05, 4.69) is 31.9 Å². The zero-order valence-corrected chi connectivity index (χ0v) is 19.3. The SMILES string of the molecule is CCCOc1ccc(C(=O)NC(=S)Nc2cccc(NC(=O)C3CC3)c2C)cc1Br. The van der Waals surface area contributed by atoms with E-state index in [-0.39, 0.29) is 22.8 Å². The molecular formula is C22H24BrN3O3S. The van der Waals surface area contributed by atoms with Crippen LogP contribution in [-0.4, -0.2) is 23.5 Å². The first kappa shape index (κ1) is 22.2. The number of amides is 2. The Morgan fingerprint density at radius 2 is 1.87 bits per heavy atom. The van der Waals surface area contributed by atoms with Crippen LogP contribution in [0.1, 0.15) is 42.1 Å². The van der Waals surface area contributed by atoms with E-state index in [1.165, 1.54) is 0 Å². The lowest BCUT2D eigenvalue weighted by Crippen LogP contribution is -2.34. The number of hydrogen-bond acceptors (Lipinski definition) is 4. The molecule has 2 amide bonds. The molecule has 8 heteroatoms. The highest BCUT2D eigenvalue weighted by molar-refractivity contribution is 9.10. The van der Waals surface area contributed by atoms with E-state index in [4.69, 9.17) is 17.0 Å². The van der Waals surface area contributed by atoms with Gasteiger partial charge in [0.1, 0.15) is 5.75 Å². The number of hydrogen-bond donors (Lipinski definition) is 3. The molecule has 0 saturated heterocycles. The smallest absolute Gasteiger partial charge is 0.257 e. The molecule has 158 valence electrons. The van der Waals surface area contributed by atoms with E-state index in [1.807, 2.05) is 32.0 Å². The number of rotatable bonds is 7. The second-order valence-electron chi connectivity index (χ2n) is 7.14. The third kappa shape index (κ3) is 5.79. The van der Waals surface area contributed by atoms with Gasteiger partial charge in [0.2, 0.25) is 5.91 Å². The fourth-order valence-electron chi connectivity index (χ4n) is 2.79. The van der Waals surface area contributed by atoms with E-state index in [0.29, 0.717) is 22.4 Å². The molecule has 0 heterocycles. The zero-order valence-electron chi connectivity index (χ0n) is 16.9. The molecule has 0 atom stereocenters. The topological polar surface area (TPSA) is 79.5 Å². The minimum absolute atomic E-state index is 0.0445. The van der Waals surface area contributed by atoms with Crippen molar-refractivity contribution in [3.63, 3.8) is 0 Å². The van der Waals surface area contributed by atoms with Gasteiger partial charge in [0.05, 0.1) is 11.1 Å². The third-order valence-corrected chi connectivity index (χ3v) is 5.49. The van der Waals surface area contributed by atoms with Crippen LogP contribution in [0.5, 0.6) is 5.75 Å². The average Bonchev–Trinajstić information content (AvgIpc) is 3.55. The summed E-state index contributed by atoms with van der Waals surface area (Å²) < 4.78 is 6.31. The van der Waals surface area contributed by atoms with Crippen molar-refractivity contribution < 1.29 is 14.3 Å². The molecule has 1 saturated carbocycles. The van der Waals surface area contributed by atoms with Crippen LogP contribution in [0.3, 0.4) is 0 Å². The van der Waals surface area contributed by atoms with Crippen molar-refractivity contribution >= 4 is 56.4 Å². The van der Waals surface area contributed by atoms with Gasteiger partial charge in [0.15, 0.2) is 5.11 Å². The standard InChI is InChI=1S/C22H24BrN3O3S/c1-3-11-29-19-10-9-15(12-16(19)23)21(28)26-22(30)25-18-6-4-5-17(13(18)2)24-20(27)14-7-8-14/h4-6,9-10,12,14H,3,7-8,11H2,1-2H3,(H,24,27)(H2,25,26,28,30). The Morgan fingerprint density at radius 1 is 1.17 bits per heavy atom. The number of ether oxygens (including phenoxy) is 1.